The van der Waals surface area contributed by atoms with Gasteiger partial charge in [-0.3, -0.25) is 14.5 Å². The van der Waals surface area contributed by atoms with Crippen molar-refractivity contribution in [3.63, 3.8) is 0 Å². The molecule has 0 spiro atoms. The first-order valence-corrected chi connectivity index (χ1v) is 11.7. The average molecular weight is 461 g/mol. The number of amides is 4. The highest BCUT2D eigenvalue weighted by Gasteiger charge is 2.46. The van der Waals surface area contributed by atoms with E-state index in [9.17, 15) is 14.4 Å². The van der Waals surface area contributed by atoms with E-state index >= 15 is 0 Å². The molecular formula is C27H32N4O3. The summed E-state index contributed by atoms with van der Waals surface area (Å²) in [6.45, 7) is 8.75. The van der Waals surface area contributed by atoms with Gasteiger partial charge in [0.15, 0.2) is 0 Å². The highest BCUT2D eigenvalue weighted by atomic mass is 16.2. The van der Waals surface area contributed by atoms with Crippen molar-refractivity contribution in [3.8, 4) is 0 Å². The minimum atomic E-state index is -0.790. The van der Waals surface area contributed by atoms with Crippen molar-refractivity contribution in [3.05, 3.63) is 82.1 Å². The summed E-state index contributed by atoms with van der Waals surface area (Å²) < 4.78 is 0. The molecular weight excluding hydrogens is 428 g/mol. The van der Waals surface area contributed by atoms with E-state index in [0.717, 1.165) is 22.3 Å². The van der Waals surface area contributed by atoms with Gasteiger partial charge in [0.1, 0.15) is 6.04 Å². The molecule has 2 aromatic carbocycles. The third-order valence-electron chi connectivity index (χ3n) is 6.48. The van der Waals surface area contributed by atoms with Crippen LogP contribution in [0.15, 0.2) is 59.8 Å². The van der Waals surface area contributed by atoms with Gasteiger partial charge < -0.3 is 15.5 Å². The number of rotatable bonds is 6. The van der Waals surface area contributed by atoms with Crippen LogP contribution in [-0.4, -0.2) is 47.8 Å². The first kappa shape index (κ1) is 23.5. The summed E-state index contributed by atoms with van der Waals surface area (Å²) in [5.41, 5.74) is 4.89. The second-order valence-electron chi connectivity index (χ2n) is 9.55. The third kappa shape index (κ3) is 4.30. The molecule has 0 aliphatic carbocycles. The number of likely N-dealkylation sites (N-methyl/N-ethyl adjacent to an activating group) is 1. The van der Waals surface area contributed by atoms with Crippen LogP contribution in [-0.2, 0) is 9.59 Å². The molecule has 2 aromatic rings. The van der Waals surface area contributed by atoms with E-state index in [4.69, 9.17) is 0 Å². The van der Waals surface area contributed by atoms with Crippen molar-refractivity contribution < 1.29 is 14.4 Å². The van der Waals surface area contributed by atoms with E-state index in [1.54, 1.807) is 11.9 Å². The smallest absolute Gasteiger partial charge is 0.322 e. The summed E-state index contributed by atoms with van der Waals surface area (Å²) in [6.07, 6.45) is 0. The molecule has 0 fully saturated rings. The number of urea groups is 1. The molecule has 0 bridgehead atoms. The maximum atomic E-state index is 13.9. The lowest BCUT2D eigenvalue weighted by atomic mass is 9.91. The zero-order valence-electron chi connectivity index (χ0n) is 20.4. The number of nitrogens with zero attached hydrogens (tertiary/aromatic N) is 2. The molecule has 4 rings (SSSR count). The van der Waals surface area contributed by atoms with Gasteiger partial charge in [0, 0.05) is 13.6 Å². The highest BCUT2D eigenvalue weighted by Crippen LogP contribution is 2.40. The molecule has 0 radical (unpaired) electrons. The van der Waals surface area contributed by atoms with Crippen LogP contribution in [0, 0.1) is 19.8 Å². The Morgan fingerprint density at radius 1 is 1.12 bits per heavy atom. The molecule has 2 atom stereocenters. The normalized spacial score (nSPS) is 18.8. The first-order valence-electron chi connectivity index (χ1n) is 11.7. The minimum absolute atomic E-state index is 0.189. The van der Waals surface area contributed by atoms with Crippen LogP contribution in [0.25, 0.3) is 0 Å². The van der Waals surface area contributed by atoms with Crippen LogP contribution < -0.4 is 10.6 Å². The monoisotopic (exact) mass is 460 g/mol. The zero-order valence-corrected chi connectivity index (χ0v) is 20.4. The fourth-order valence-corrected chi connectivity index (χ4v) is 4.69. The summed E-state index contributed by atoms with van der Waals surface area (Å²) >= 11 is 0. The molecule has 2 aliphatic rings. The predicted octanol–water partition coefficient (Wildman–Crippen LogP) is 3.61. The van der Waals surface area contributed by atoms with Crippen LogP contribution in [0.5, 0.6) is 0 Å². The molecule has 0 unspecified atom stereocenters. The number of nitrogens with one attached hydrogen (secondary N) is 2. The Balaban J connectivity index is 1.74. The minimum Gasteiger partial charge on any atom is -0.354 e. The first-order chi connectivity index (χ1) is 16.2. The van der Waals surface area contributed by atoms with Gasteiger partial charge in [0.05, 0.1) is 23.9 Å². The fraction of sp³-hybridized carbons (Fsp3) is 0.370. The van der Waals surface area contributed by atoms with Gasteiger partial charge in [-0.2, -0.15) is 0 Å². The largest absolute Gasteiger partial charge is 0.354 e. The van der Waals surface area contributed by atoms with Crippen LogP contribution in [0.1, 0.15) is 48.2 Å². The molecule has 178 valence electrons. The van der Waals surface area contributed by atoms with E-state index in [-0.39, 0.29) is 30.3 Å². The van der Waals surface area contributed by atoms with E-state index < -0.39 is 12.1 Å². The maximum absolute atomic E-state index is 13.9. The van der Waals surface area contributed by atoms with Crippen LogP contribution in [0.3, 0.4) is 0 Å². The lowest BCUT2D eigenvalue weighted by molar-refractivity contribution is -0.136. The van der Waals surface area contributed by atoms with E-state index in [1.807, 2.05) is 76.2 Å². The van der Waals surface area contributed by atoms with Gasteiger partial charge in [-0.1, -0.05) is 67.9 Å². The third-order valence-corrected chi connectivity index (χ3v) is 6.48. The molecule has 2 heterocycles. The Hall–Kier alpha value is -3.61. The molecule has 4 amide bonds. The second-order valence-corrected chi connectivity index (χ2v) is 9.55. The van der Waals surface area contributed by atoms with E-state index in [0.29, 0.717) is 17.8 Å². The van der Waals surface area contributed by atoms with Gasteiger partial charge in [-0.15, -0.1) is 0 Å². The molecule has 2 N–H and O–H groups in total. The van der Waals surface area contributed by atoms with Gasteiger partial charge >= 0.3 is 6.03 Å². The molecule has 34 heavy (non-hydrogen) atoms. The Morgan fingerprint density at radius 3 is 2.47 bits per heavy atom. The van der Waals surface area contributed by atoms with Crippen LogP contribution in [0.2, 0.25) is 0 Å². The standard InChI is InChI=1S/C27H32N4O3/c1-16(2)14-28-25(32)24(19-9-7-6-8-10-19)31-15-21-22(26(31)33)23(29-27(34)30(21)5)20-12-11-17(3)13-18(20)4/h6-13,16,23-24H,14-15H2,1-5H3,(H,28,32)(H,29,34)/t23-,24+/m1/s1. The van der Waals surface area contributed by atoms with Crippen molar-refractivity contribution in [2.75, 3.05) is 20.1 Å². The molecule has 0 aromatic heterocycles. The van der Waals surface area contributed by atoms with Gasteiger partial charge in [-0.25, -0.2) is 4.79 Å². The fourth-order valence-electron chi connectivity index (χ4n) is 4.69. The van der Waals surface area contributed by atoms with E-state index in [1.165, 1.54) is 4.90 Å². The summed E-state index contributed by atoms with van der Waals surface area (Å²) in [4.78, 5) is 43.2. The molecule has 7 heteroatoms. The number of hydrogen-bond donors (Lipinski definition) is 2. The number of benzene rings is 2. The van der Waals surface area contributed by atoms with Crippen molar-refractivity contribution in [1.82, 2.24) is 20.4 Å². The number of carbonyl (C=O) groups is 3. The molecule has 0 saturated heterocycles. The summed E-state index contributed by atoms with van der Waals surface area (Å²) in [6, 6.07) is 13.7. The molecule has 0 saturated carbocycles. The quantitative estimate of drug-likeness (QED) is 0.691. The highest BCUT2D eigenvalue weighted by molar-refractivity contribution is 6.03. The SMILES string of the molecule is Cc1ccc([C@H]2NC(=O)N(C)C3=C2C(=O)N([C@H](C(=O)NCC(C)C)c2ccccc2)C3)c(C)c1. The zero-order chi connectivity index (χ0) is 24.6. The van der Waals surface area contributed by atoms with Crippen molar-refractivity contribution in [2.24, 2.45) is 5.92 Å². The summed E-state index contributed by atoms with van der Waals surface area (Å²) in [5.74, 6) is -0.179. The predicted molar refractivity (Wildman–Crippen MR) is 131 cm³/mol. The Kier molecular flexibility index (Phi) is 6.46. The summed E-state index contributed by atoms with van der Waals surface area (Å²) in [5, 5.41) is 5.98. The maximum Gasteiger partial charge on any atom is 0.322 e. The van der Waals surface area contributed by atoms with Crippen LogP contribution in [0.4, 0.5) is 4.79 Å². The lowest BCUT2D eigenvalue weighted by Crippen LogP contribution is -2.45. The topological polar surface area (TPSA) is 81.8 Å². The summed E-state index contributed by atoms with van der Waals surface area (Å²) in [7, 11) is 1.66. The Bertz CT molecular complexity index is 1160. The number of aryl methyl sites for hydroxylation is 2. The molecule has 7 nitrogen and oxygen atoms in total. The average Bonchev–Trinajstić information content (AvgIpc) is 3.13. The van der Waals surface area contributed by atoms with Crippen LogP contribution >= 0.6 is 0 Å². The van der Waals surface area contributed by atoms with Gasteiger partial charge in [0.25, 0.3) is 5.91 Å². The van der Waals surface area contributed by atoms with Gasteiger partial charge in [-0.05, 0) is 36.5 Å². The van der Waals surface area contributed by atoms with Crippen molar-refractivity contribution in [2.45, 2.75) is 39.8 Å². The Morgan fingerprint density at radius 2 is 1.82 bits per heavy atom. The lowest BCUT2D eigenvalue weighted by Gasteiger charge is -2.31. The van der Waals surface area contributed by atoms with Crippen molar-refractivity contribution >= 4 is 17.8 Å². The second kappa shape index (κ2) is 9.33. The van der Waals surface area contributed by atoms with Crippen molar-refractivity contribution in [1.29, 1.82) is 0 Å². The molecule has 2 aliphatic heterocycles. The Labute approximate surface area is 200 Å². The number of carbonyl (C=O) groups excluding carboxylic acids is 3. The van der Waals surface area contributed by atoms with E-state index in [2.05, 4.69) is 10.6 Å². The number of hydrogen-bond acceptors (Lipinski definition) is 3. The van der Waals surface area contributed by atoms with Gasteiger partial charge in [0.2, 0.25) is 5.91 Å².